The van der Waals surface area contributed by atoms with E-state index in [2.05, 4.69) is 6.58 Å². The van der Waals surface area contributed by atoms with Crippen molar-refractivity contribution in [2.45, 2.75) is 51.4 Å². The van der Waals surface area contributed by atoms with Gasteiger partial charge in [-0.15, -0.1) is 6.58 Å². The fraction of sp³-hybridized carbons (Fsp3) is 0.727. The van der Waals surface area contributed by atoms with Gasteiger partial charge in [0.05, 0.1) is 0 Å². The van der Waals surface area contributed by atoms with Gasteiger partial charge in [-0.1, -0.05) is 31.8 Å². The largest absolute Gasteiger partial charge is 0.481 e. The number of aliphatic carboxylic acids is 1. The van der Waals surface area contributed by atoms with Crippen molar-refractivity contribution in [3.8, 4) is 0 Å². The molecule has 0 aliphatic carbocycles. The van der Waals surface area contributed by atoms with Crippen LogP contribution in [0.5, 0.6) is 0 Å². The number of carboxylic acid groups (broad SMARTS) is 1. The summed E-state index contributed by atoms with van der Waals surface area (Å²) in [6, 6.07) is 0. The molecule has 1 N–H and O–H groups in total. The van der Waals surface area contributed by atoms with Crippen molar-refractivity contribution in [1.29, 1.82) is 0 Å². The number of carbonyl (C=O) groups is 1. The average Bonchev–Trinajstić information content (AvgIpc) is 2.09. The van der Waals surface area contributed by atoms with Crippen LogP contribution in [0.2, 0.25) is 0 Å². The molecule has 3 heteroatoms. The summed E-state index contributed by atoms with van der Waals surface area (Å²) in [6.45, 7) is 3.66. The van der Waals surface area contributed by atoms with Crippen LogP contribution in [-0.2, 0) is 23.4 Å². The Bertz CT molecular complexity index is 146. The third kappa shape index (κ3) is 14.3. The summed E-state index contributed by atoms with van der Waals surface area (Å²) < 4.78 is 0. The molecular formula is C11H20O2V. The van der Waals surface area contributed by atoms with Crippen LogP contribution < -0.4 is 0 Å². The van der Waals surface area contributed by atoms with E-state index < -0.39 is 5.97 Å². The molecule has 2 nitrogen and oxygen atoms in total. The Kier molecular flexibility index (Phi) is 14.8. The maximum absolute atomic E-state index is 10.2. The molecule has 0 unspecified atom stereocenters. The van der Waals surface area contributed by atoms with Gasteiger partial charge in [0.2, 0.25) is 0 Å². The first-order valence-corrected chi connectivity index (χ1v) is 5.10. The standard InChI is InChI=1S/C11H20O2.V/c1-2-3-4-5-6-7-8-9-10-11(12)13;/h2H,1,3-10H2,(H,12,13);. The molecule has 14 heavy (non-hydrogen) atoms. The van der Waals surface area contributed by atoms with Gasteiger partial charge in [0.15, 0.2) is 0 Å². The summed E-state index contributed by atoms with van der Waals surface area (Å²) in [6.07, 6.45) is 10.1. The molecule has 0 aliphatic rings. The number of hydrogen-bond donors (Lipinski definition) is 1. The number of hydrogen-bond acceptors (Lipinski definition) is 1. The molecule has 0 amide bonds. The van der Waals surface area contributed by atoms with E-state index in [0.29, 0.717) is 6.42 Å². The van der Waals surface area contributed by atoms with Crippen LogP contribution in [0.25, 0.3) is 0 Å². The number of rotatable bonds is 9. The summed E-state index contributed by atoms with van der Waals surface area (Å²) in [5, 5.41) is 8.38. The molecule has 0 aromatic heterocycles. The minimum Gasteiger partial charge on any atom is -0.481 e. The van der Waals surface area contributed by atoms with Gasteiger partial charge in [0.25, 0.3) is 0 Å². The Morgan fingerprint density at radius 1 is 1.07 bits per heavy atom. The van der Waals surface area contributed by atoms with Crippen LogP contribution in [0.1, 0.15) is 51.4 Å². The molecule has 81 valence electrons. The molecule has 0 rings (SSSR count). The van der Waals surface area contributed by atoms with Crippen LogP contribution in [0, 0.1) is 0 Å². The van der Waals surface area contributed by atoms with Gasteiger partial charge in [-0.05, 0) is 19.3 Å². The van der Waals surface area contributed by atoms with Gasteiger partial charge < -0.3 is 5.11 Å². The molecule has 0 aromatic carbocycles. The predicted molar refractivity (Wildman–Crippen MR) is 54.8 cm³/mol. The quantitative estimate of drug-likeness (QED) is 0.491. The van der Waals surface area contributed by atoms with Gasteiger partial charge in [0.1, 0.15) is 0 Å². The van der Waals surface area contributed by atoms with Crippen molar-refractivity contribution >= 4 is 5.97 Å². The summed E-state index contributed by atoms with van der Waals surface area (Å²) in [5.74, 6) is -0.674. The van der Waals surface area contributed by atoms with E-state index >= 15 is 0 Å². The third-order valence-electron chi connectivity index (χ3n) is 2.05. The summed E-state index contributed by atoms with van der Waals surface area (Å²) >= 11 is 0. The van der Waals surface area contributed by atoms with Crippen molar-refractivity contribution < 1.29 is 28.5 Å². The van der Waals surface area contributed by atoms with Crippen molar-refractivity contribution in [2.24, 2.45) is 0 Å². The normalized spacial score (nSPS) is 9.14. The van der Waals surface area contributed by atoms with Crippen LogP contribution in [0.3, 0.4) is 0 Å². The van der Waals surface area contributed by atoms with Gasteiger partial charge >= 0.3 is 5.97 Å². The van der Waals surface area contributed by atoms with E-state index in [1.807, 2.05) is 6.08 Å². The number of carboxylic acids is 1. The molecule has 0 bridgehead atoms. The maximum atomic E-state index is 10.2. The summed E-state index contributed by atoms with van der Waals surface area (Å²) in [7, 11) is 0. The van der Waals surface area contributed by atoms with Crippen LogP contribution in [0.15, 0.2) is 12.7 Å². The van der Waals surface area contributed by atoms with Crippen LogP contribution in [-0.4, -0.2) is 11.1 Å². The van der Waals surface area contributed by atoms with E-state index in [1.54, 1.807) is 0 Å². The zero-order valence-electron chi connectivity index (χ0n) is 8.74. The van der Waals surface area contributed by atoms with Gasteiger partial charge in [0, 0.05) is 25.0 Å². The van der Waals surface area contributed by atoms with Gasteiger partial charge in [-0.2, -0.15) is 0 Å². The number of allylic oxidation sites excluding steroid dienone is 1. The van der Waals surface area contributed by atoms with E-state index in [9.17, 15) is 4.79 Å². The van der Waals surface area contributed by atoms with E-state index in [0.717, 1.165) is 19.3 Å². The SMILES string of the molecule is C=CCCCCCCCCC(=O)O.[V]. The van der Waals surface area contributed by atoms with Gasteiger partial charge in [-0.25, -0.2) is 0 Å². The minimum absolute atomic E-state index is 0. The topological polar surface area (TPSA) is 37.3 Å². The first-order chi connectivity index (χ1) is 6.27. The molecule has 0 aromatic rings. The fourth-order valence-electron chi connectivity index (χ4n) is 1.27. The molecule has 0 saturated carbocycles. The minimum atomic E-state index is -0.674. The van der Waals surface area contributed by atoms with Gasteiger partial charge in [-0.3, -0.25) is 4.79 Å². The van der Waals surface area contributed by atoms with E-state index in [1.165, 1.54) is 25.7 Å². The zero-order chi connectivity index (χ0) is 9.94. The maximum Gasteiger partial charge on any atom is 0.303 e. The van der Waals surface area contributed by atoms with Crippen LogP contribution >= 0.6 is 0 Å². The third-order valence-corrected chi connectivity index (χ3v) is 2.05. The molecule has 0 aliphatic heterocycles. The molecule has 1 radical (unpaired) electrons. The Labute approximate surface area is 98.7 Å². The monoisotopic (exact) mass is 235 g/mol. The molecule has 0 atom stereocenters. The summed E-state index contributed by atoms with van der Waals surface area (Å²) in [4.78, 5) is 10.2. The van der Waals surface area contributed by atoms with Crippen molar-refractivity contribution in [2.75, 3.05) is 0 Å². The molecule has 0 fully saturated rings. The average molecular weight is 235 g/mol. The van der Waals surface area contributed by atoms with Crippen LogP contribution in [0.4, 0.5) is 0 Å². The fourth-order valence-corrected chi connectivity index (χ4v) is 1.27. The first-order valence-electron chi connectivity index (χ1n) is 5.10. The zero-order valence-corrected chi connectivity index (χ0v) is 10.1. The molecule has 0 spiro atoms. The Balaban J connectivity index is 0. The van der Waals surface area contributed by atoms with Crippen molar-refractivity contribution in [3.05, 3.63) is 12.7 Å². The Morgan fingerprint density at radius 2 is 1.57 bits per heavy atom. The smallest absolute Gasteiger partial charge is 0.303 e. The molecular weight excluding hydrogens is 215 g/mol. The van der Waals surface area contributed by atoms with Crippen molar-refractivity contribution in [1.82, 2.24) is 0 Å². The second-order valence-electron chi connectivity index (χ2n) is 3.34. The predicted octanol–water partition coefficient (Wildman–Crippen LogP) is 3.38. The second-order valence-corrected chi connectivity index (χ2v) is 3.34. The Morgan fingerprint density at radius 3 is 2.07 bits per heavy atom. The number of unbranched alkanes of at least 4 members (excludes halogenated alkanes) is 6. The van der Waals surface area contributed by atoms with Crippen molar-refractivity contribution in [3.63, 3.8) is 0 Å². The van der Waals surface area contributed by atoms with E-state index in [-0.39, 0.29) is 18.6 Å². The van der Waals surface area contributed by atoms with E-state index in [4.69, 9.17) is 5.11 Å². The Hall–Kier alpha value is -0.206. The second kappa shape index (κ2) is 12.8. The first kappa shape index (κ1) is 16.2. The molecule has 0 saturated heterocycles. The summed E-state index contributed by atoms with van der Waals surface area (Å²) in [5.41, 5.74) is 0. The molecule has 0 heterocycles.